The summed E-state index contributed by atoms with van der Waals surface area (Å²) in [5.74, 6) is 0.558. The van der Waals surface area contributed by atoms with Gasteiger partial charge in [0, 0.05) is 21.2 Å². The van der Waals surface area contributed by atoms with Crippen molar-refractivity contribution in [3.8, 4) is 0 Å². The summed E-state index contributed by atoms with van der Waals surface area (Å²) in [6.45, 7) is 2.27. The fourth-order valence-corrected chi connectivity index (χ4v) is 3.23. The van der Waals surface area contributed by atoms with Crippen LogP contribution in [0.1, 0.15) is 19.8 Å². The molecular weight excluding hydrogens is 326 g/mol. The van der Waals surface area contributed by atoms with Crippen LogP contribution in [0.25, 0.3) is 0 Å². The average molecular weight is 344 g/mol. The van der Waals surface area contributed by atoms with Crippen LogP contribution in [0.2, 0.25) is 0 Å². The lowest BCUT2D eigenvalue weighted by Crippen LogP contribution is -2.41. The topological polar surface area (TPSA) is 38.3 Å². The predicted molar refractivity (Wildman–Crippen MR) is 81.4 cm³/mol. The van der Waals surface area contributed by atoms with E-state index in [0.29, 0.717) is 18.4 Å². The molecule has 0 aromatic heterocycles. The Morgan fingerprint density at radius 3 is 3.00 bits per heavy atom. The van der Waals surface area contributed by atoms with Crippen LogP contribution in [0.15, 0.2) is 33.6 Å². The number of ether oxygens (including phenoxy) is 1. The van der Waals surface area contributed by atoms with Gasteiger partial charge in [0.15, 0.2) is 0 Å². The smallest absolute Gasteiger partial charge is 0.324 e. The Bertz CT molecular complexity index is 437. The molecule has 104 valence electrons. The SMILES string of the molecule is CCOC(=O)C(CSc1cccc(Br)c1)NC1CC1. The molecule has 19 heavy (non-hydrogen) atoms. The summed E-state index contributed by atoms with van der Waals surface area (Å²) in [5, 5.41) is 3.35. The molecule has 3 nitrogen and oxygen atoms in total. The molecule has 0 aliphatic heterocycles. The van der Waals surface area contributed by atoms with E-state index < -0.39 is 0 Å². The molecule has 0 heterocycles. The minimum absolute atomic E-state index is 0.142. The molecule has 1 N–H and O–H groups in total. The van der Waals surface area contributed by atoms with Gasteiger partial charge >= 0.3 is 5.97 Å². The largest absolute Gasteiger partial charge is 0.465 e. The van der Waals surface area contributed by atoms with Crippen LogP contribution < -0.4 is 5.32 Å². The quantitative estimate of drug-likeness (QED) is 0.609. The number of halogens is 1. The number of rotatable bonds is 7. The van der Waals surface area contributed by atoms with Gasteiger partial charge in [0.1, 0.15) is 6.04 Å². The van der Waals surface area contributed by atoms with E-state index in [1.807, 2.05) is 19.1 Å². The van der Waals surface area contributed by atoms with Crippen LogP contribution in [-0.4, -0.2) is 30.4 Å². The van der Waals surface area contributed by atoms with E-state index in [-0.39, 0.29) is 12.0 Å². The van der Waals surface area contributed by atoms with E-state index in [1.165, 1.54) is 0 Å². The fourth-order valence-electron chi connectivity index (χ4n) is 1.70. The van der Waals surface area contributed by atoms with Crippen LogP contribution in [0, 0.1) is 0 Å². The van der Waals surface area contributed by atoms with E-state index in [0.717, 1.165) is 22.2 Å². The van der Waals surface area contributed by atoms with Crippen LogP contribution in [0.4, 0.5) is 0 Å². The van der Waals surface area contributed by atoms with Gasteiger partial charge in [-0.1, -0.05) is 22.0 Å². The van der Waals surface area contributed by atoms with Crippen molar-refractivity contribution in [2.45, 2.75) is 36.7 Å². The fraction of sp³-hybridized carbons (Fsp3) is 0.500. The molecule has 1 unspecified atom stereocenters. The molecule has 1 aromatic rings. The molecule has 0 spiro atoms. The number of benzene rings is 1. The van der Waals surface area contributed by atoms with Gasteiger partial charge in [-0.25, -0.2) is 0 Å². The second-order valence-corrected chi connectivity index (χ2v) is 6.52. The van der Waals surface area contributed by atoms with Crippen molar-refractivity contribution < 1.29 is 9.53 Å². The summed E-state index contributed by atoms with van der Waals surface area (Å²) in [6.07, 6.45) is 2.33. The van der Waals surface area contributed by atoms with Gasteiger partial charge in [-0.15, -0.1) is 11.8 Å². The number of esters is 1. The predicted octanol–water partition coefficient (Wildman–Crippen LogP) is 3.22. The van der Waals surface area contributed by atoms with Gasteiger partial charge in [-0.05, 0) is 38.0 Å². The summed E-state index contributed by atoms with van der Waals surface area (Å²) in [6, 6.07) is 8.39. The van der Waals surface area contributed by atoms with Gasteiger partial charge in [0.05, 0.1) is 6.61 Å². The van der Waals surface area contributed by atoms with E-state index in [1.54, 1.807) is 11.8 Å². The van der Waals surface area contributed by atoms with Crippen molar-refractivity contribution in [2.24, 2.45) is 0 Å². The molecule has 2 rings (SSSR count). The molecule has 0 radical (unpaired) electrons. The van der Waals surface area contributed by atoms with Crippen molar-refractivity contribution in [1.29, 1.82) is 0 Å². The third-order valence-electron chi connectivity index (χ3n) is 2.80. The maximum absolute atomic E-state index is 11.9. The molecule has 1 fully saturated rings. The number of thioether (sulfide) groups is 1. The summed E-state index contributed by atoms with van der Waals surface area (Å²) >= 11 is 5.13. The molecule has 0 bridgehead atoms. The van der Waals surface area contributed by atoms with Crippen LogP contribution in [0.5, 0.6) is 0 Å². The summed E-state index contributed by atoms with van der Waals surface area (Å²) in [7, 11) is 0. The molecule has 0 saturated heterocycles. The highest BCUT2D eigenvalue weighted by Gasteiger charge is 2.29. The van der Waals surface area contributed by atoms with E-state index in [9.17, 15) is 4.79 Å². The molecule has 1 aliphatic rings. The zero-order chi connectivity index (χ0) is 13.7. The van der Waals surface area contributed by atoms with Gasteiger partial charge in [0.25, 0.3) is 0 Å². The first kappa shape index (κ1) is 14.9. The lowest BCUT2D eigenvalue weighted by Gasteiger charge is -2.16. The molecule has 1 saturated carbocycles. The molecule has 1 aromatic carbocycles. The zero-order valence-electron chi connectivity index (χ0n) is 10.9. The number of nitrogens with one attached hydrogen (secondary N) is 1. The molecule has 0 amide bonds. The van der Waals surface area contributed by atoms with Gasteiger partial charge in [-0.3, -0.25) is 4.79 Å². The summed E-state index contributed by atoms with van der Waals surface area (Å²) in [5.41, 5.74) is 0. The first-order chi connectivity index (χ1) is 9.19. The third kappa shape index (κ3) is 5.16. The number of carbonyl (C=O) groups excluding carboxylic acids is 1. The Morgan fingerprint density at radius 1 is 1.58 bits per heavy atom. The van der Waals surface area contributed by atoms with Crippen molar-refractivity contribution in [1.82, 2.24) is 5.32 Å². The second-order valence-electron chi connectivity index (χ2n) is 4.51. The van der Waals surface area contributed by atoms with E-state index >= 15 is 0 Å². The minimum Gasteiger partial charge on any atom is -0.465 e. The maximum Gasteiger partial charge on any atom is 0.324 e. The number of hydrogen-bond acceptors (Lipinski definition) is 4. The van der Waals surface area contributed by atoms with Crippen molar-refractivity contribution in [3.63, 3.8) is 0 Å². The Hall–Kier alpha value is -0.520. The lowest BCUT2D eigenvalue weighted by atomic mass is 10.3. The highest BCUT2D eigenvalue weighted by molar-refractivity contribution is 9.10. The van der Waals surface area contributed by atoms with Crippen molar-refractivity contribution in [2.75, 3.05) is 12.4 Å². The Morgan fingerprint density at radius 2 is 2.37 bits per heavy atom. The Balaban J connectivity index is 1.89. The molecular formula is C14H18BrNO2S. The van der Waals surface area contributed by atoms with E-state index in [4.69, 9.17) is 4.74 Å². The molecule has 1 atom stereocenters. The van der Waals surface area contributed by atoms with Gasteiger partial charge < -0.3 is 10.1 Å². The third-order valence-corrected chi connectivity index (χ3v) is 4.38. The molecule has 1 aliphatic carbocycles. The van der Waals surface area contributed by atoms with Crippen LogP contribution >= 0.6 is 27.7 Å². The number of carbonyl (C=O) groups is 1. The lowest BCUT2D eigenvalue weighted by molar-refractivity contribution is -0.145. The zero-order valence-corrected chi connectivity index (χ0v) is 13.3. The van der Waals surface area contributed by atoms with E-state index in [2.05, 4.69) is 33.4 Å². The standard InChI is InChI=1S/C14H18BrNO2S/c1-2-18-14(17)13(16-11-6-7-11)9-19-12-5-3-4-10(15)8-12/h3-5,8,11,13,16H,2,6-7,9H2,1H3. The maximum atomic E-state index is 11.9. The Labute approximate surface area is 126 Å². The van der Waals surface area contributed by atoms with Crippen molar-refractivity contribution >= 4 is 33.7 Å². The second kappa shape index (κ2) is 7.31. The minimum atomic E-state index is -0.212. The van der Waals surface area contributed by atoms with Crippen LogP contribution in [-0.2, 0) is 9.53 Å². The molecule has 5 heteroatoms. The number of hydrogen-bond donors (Lipinski definition) is 1. The van der Waals surface area contributed by atoms with Crippen LogP contribution in [0.3, 0.4) is 0 Å². The Kier molecular flexibility index (Phi) is 5.73. The van der Waals surface area contributed by atoms with Gasteiger partial charge in [0.2, 0.25) is 0 Å². The van der Waals surface area contributed by atoms with Crippen molar-refractivity contribution in [3.05, 3.63) is 28.7 Å². The van der Waals surface area contributed by atoms with Gasteiger partial charge in [-0.2, -0.15) is 0 Å². The highest BCUT2D eigenvalue weighted by atomic mass is 79.9. The highest BCUT2D eigenvalue weighted by Crippen LogP contribution is 2.25. The summed E-state index contributed by atoms with van der Waals surface area (Å²) in [4.78, 5) is 13.0. The first-order valence-electron chi connectivity index (χ1n) is 6.50. The monoisotopic (exact) mass is 343 g/mol. The average Bonchev–Trinajstić information content (AvgIpc) is 3.18. The summed E-state index contributed by atoms with van der Waals surface area (Å²) < 4.78 is 6.18. The normalized spacial score (nSPS) is 16.1. The first-order valence-corrected chi connectivity index (χ1v) is 8.28.